The van der Waals surface area contributed by atoms with E-state index in [2.05, 4.69) is 69.5 Å². The Labute approximate surface area is 327 Å². The zero-order chi connectivity index (χ0) is 41.2. The molecule has 8 nitrogen and oxygen atoms in total. The first-order valence-corrected chi connectivity index (χ1v) is 20.4. The minimum atomic E-state index is -4.28. The van der Waals surface area contributed by atoms with Gasteiger partial charge < -0.3 is 10.6 Å². The summed E-state index contributed by atoms with van der Waals surface area (Å²) in [5.74, 6) is -1.99. The standard InChI is InChI=1S/C46H56N2O6S/c1-13-19-46(11,12)48-44(52)40-26-36(15-17-37(40)31(7)49)55(53,54)35-16-18-38(39(25-35)32(8)50)43(51)47-42-29(5)22-34(23-30(42)6)24-33-20-27(3)41(28(4)21-33)45(9,10)14-2/h15-18,20-23,25-26H,13-14,19,24H2,1-12H3,(H,47,51)(H,48,52). The van der Waals surface area contributed by atoms with E-state index in [4.69, 9.17) is 0 Å². The molecule has 2 N–H and O–H groups in total. The van der Waals surface area contributed by atoms with Gasteiger partial charge >= 0.3 is 0 Å². The highest BCUT2D eigenvalue weighted by atomic mass is 32.2. The number of rotatable bonds is 14. The molecule has 0 aliphatic heterocycles. The van der Waals surface area contributed by atoms with Crippen LogP contribution in [0.2, 0.25) is 0 Å². The molecule has 0 bridgehead atoms. The van der Waals surface area contributed by atoms with Gasteiger partial charge in [0.25, 0.3) is 11.8 Å². The molecular formula is C46H56N2O6S. The Bertz CT molecular complexity index is 2250. The van der Waals surface area contributed by atoms with Crippen LogP contribution >= 0.6 is 0 Å². The van der Waals surface area contributed by atoms with Crippen LogP contribution in [0.15, 0.2) is 70.5 Å². The number of sulfone groups is 1. The number of anilines is 1. The third-order valence-corrected chi connectivity index (χ3v) is 12.3. The molecule has 0 fully saturated rings. The minimum absolute atomic E-state index is 0.0283. The second kappa shape index (κ2) is 16.5. The van der Waals surface area contributed by atoms with E-state index in [0.717, 1.165) is 36.0 Å². The Morgan fingerprint density at radius 3 is 1.56 bits per heavy atom. The third kappa shape index (κ3) is 9.50. The van der Waals surface area contributed by atoms with E-state index in [1.54, 1.807) is 0 Å². The number of Topliss-reactive ketones (excluding diaryl/α,β-unsaturated/α-hetero) is 2. The summed E-state index contributed by atoms with van der Waals surface area (Å²) >= 11 is 0. The summed E-state index contributed by atoms with van der Waals surface area (Å²) in [4.78, 5) is 52.0. The molecule has 0 heterocycles. The largest absolute Gasteiger partial charge is 0.347 e. The normalized spacial score (nSPS) is 12.0. The van der Waals surface area contributed by atoms with Gasteiger partial charge in [0.1, 0.15) is 0 Å². The average molecular weight is 765 g/mol. The number of carbonyl (C=O) groups excluding carboxylic acids is 4. The van der Waals surface area contributed by atoms with E-state index in [9.17, 15) is 27.6 Å². The Balaban J connectivity index is 1.64. The number of carbonyl (C=O) groups is 4. The molecular weight excluding hydrogens is 709 g/mol. The Kier molecular flexibility index (Phi) is 12.8. The van der Waals surface area contributed by atoms with Gasteiger partial charge in [-0.2, -0.15) is 0 Å². The van der Waals surface area contributed by atoms with Crippen molar-refractivity contribution in [3.63, 3.8) is 0 Å². The van der Waals surface area contributed by atoms with Gasteiger partial charge in [-0.05, 0) is 155 Å². The number of nitrogens with one attached hydrogen (secondary N) is 2. The molecule has 0 atom stereocenters. The summed E-state index contributed by atoms with van der Waals surface area (Å²) in [6.07, 6.45) is 3.27. The Morgan fingerprint density at radius 2 is 1.09 bits per heavy atom. The lowest BCUT2D eigenvalue weighted by molar-refractivity contribution is 0.0898. The summed E-state index contributed by atoms with van der Waals surface area (Å²) in [5, 5.41) is 5.88. The smallest absolute Gasteiger partial charge is 0.256 e. The Hall–Kier alpha value is -4.89. The van der Waals surface area contributed by atoms with Gasteiger partial charge in [0.15, 0.2) is 11.6 Å². The Morgan fingerprint density at radius 1 is 0.618 bits per heavy atom. The SMILES string of the molecule is CCCC(C)(C)NC(=O)c1cc(S(=O)(=O)c2ccc(C(=O)Nc3c(C)cc(Cc4cc(C)c(C(C)(C)CC)c(C)c4)cc3C)c(C(C)=O)c2)ccc1C(C)=O. The minimum Gasteiger partial charge on any atom is -0.347 e. The molecule has 0 aliphatic carbocycles. The van der Waals surface area contributed by atoms with Crippen LogP contribution in [0.25, 0.3) is 0 Å². The molecule has 4 aromatic rings. The number of amides is 2. The molecule has 0 aliphatic rings. The van der Waals surface area contributed by atoms with Crippen molar-refractivity contribution in [3.8, 4) is 0 Å². The molecule has 292 valence electrons. The monoisotopic (exact) mass is 764 g/mol. The van der Waals surface area contributed by atoms with Crippen LogP contribution in [0, 0.1) is 27.7 Å². The fraction of sp³-hybridized carbons (Fsp3) is 0.391. The van der Waals surface area contributed by atoms with Crippen LogP contribution in [-0.4, -0.2) is 37.3 Å². The predicted octanol–water partition coefficient (Wildman–Crippen LogP) is 10.00. The molecule has 0 radical (unpaired) electrons. The lowest BCUT2D eigenvalue weighted by Gasteiger charge is -2.28. The highest BCUT2D eigenvalue weighted by molar-refractivity contribution is 7.91. The molecule has 0 saturated carbocycles. The topological polar surface area (TPSA) is 126 Å². The molecule has 4 aromatic carbocycles. The summed E-state index contributed by atoms with van der Waals surface area (Å²) in [6.45, 7) is 23.3. The summed E-state index contributed by atoms with van der Waals surface area (Å²) in [6, 6.07) is 16.2. The van der Waals surface area contributed by atoms with Crippen LogP contribution in [0.4, 0.5) is 5.69 Å². The summed E-state index contributed by atoms with van der Waals surface area (Å²) in [5.41, 5.74) is 8.11. The second-order valence-corrected chi connectivity index (χ2v) is 18.1. The van der Waals surface area contributed by atoms with Gasteiger partial charge in [-0.15, -0.1) is 0 Å². The lowest BCUT2D eigenvalue weighted by Crippen LogP contribution is -2.43. The van der Waals surface area contributed by atoms with E-state index in [0.29, 0.717) is 12.1 Å². The number of hydrogen-bond donors (Lipinski definition) is 2. The highest BCUT2D eigenvalue weighted by Gasteiger charge is 2.28. The maximum absolute atomic E-state index is 14.0. The molecule has 0 saturated heterocycles. The van der Waals surface area contributed by atoms with Gasteiger partial charge in [-0.25, -0.2) is 8.42 Å². The van der Waals surface area contributed by atoms with Crippen LogP contribution in [-0.2, 0) is 21.7 Å². The summed E-state index contributed by atoms with van der Waals surface area (Å²) < 4.78 is 27.9. The molecule has 0 unspecified atom stereocenters. The zero-order valence-corrected chi connectivity index (χ0v) is 35.3. The quantitative estimate of drug-likeness (QED) is 0.123. The van der Waals surface area contributed by atoms with Gasteiger partial charge in [-0.3, -0.25) is 19.2 Å². The van der Waals surface area contributed by atoms with Crippen molar-refractivity contribution >= 4 is 38.9 Å². The van der Waals surface area contributed by atoms with Gasteiger partial charge in [0, 0.05) is 22.4 Å². The first kappa shape index (κ1) is 42.8. The second-order valence-electron chi connectivity index (χ2n) is 16.2. The molecule has 4 rings (SSSR count). The van der Waals surface area contributed by atoms with E-state index in [1.165, 1.54) is 72.5 Å². The first-order valence-electron chi connectivity index (χ1n) is 18.9. The van der Waals surface area contributed by atoms with E-state index < -0.39 is 33.0 Å². The van der Waals surface area contributed by atoms with Crippen LogP contribution in [0.5, 0.6) is 0 Å². The highest BCUT2D eigenvalue weighted by Crippen LogP contribution is 2.34. The molecule has 55 heavy (non-hydrogen) atoms. The number of benzene rings is 4. The van der Waals surface area contributed by atoms with Crippen molar-refractivity contribution < 1.29 is 27.6 Å². The van der Waals surface area contributed by atoms with Crippen LogP contribution in [0.1, 0.15) is 155 Å². The molecule has 0 aromatic heterocycles. The number of ketones is 2. The zero-order valence-electron chi connectivity index (χ0n) is 34.5. The van der Waals surface area contributed by atoms with Crippen molar-refractivity contribution in [2.24, 2.45) is 0 Å². The average Bonchev–Trinajstić information content (AvgIpc) is 3.08. The lowest BCUT2D eigenvalue weighted by atomic mass is 9.77. The van der Waals surface area contributed by atoms with Gasteiger partial charge in [0.05, 0.1) is 20.9 Å². The maximum atomic E-state index is 14.0. The van der Waals surface area contributed by atoms with E-state index >= 15 is 0 Å². The summed E-state index contributed by atoms with van der Waals surface area (Å²) in [7, 11) is -4.28. The first-order chi connectivity index (χ1) is 25.5. The van der Waals surface area contributed by atoms with E-state index in [1.807, 2.05) is 34.6 Å². The van der Waals surface area contributed by atoms with Crippen molar-refractivity contribution in [3.05, 3.63) is 122 Å². The number of aryl methyl sites for hydroxylation is 4. The van der Waals surface area contributed by atoms with Crippen molar-refractivity contribution in [2.75, 3.05) is 5.32 Å². The molecule has 2 amide bonds. The molecule has 9 heteroatoms. The maximum Gasteiger partial charge on any atom is 0.256 e. The van der Waals surface area contributed by atoms with Crippen molar-refractivity contribution in [1.82, 2.24) is 5.32 Å². The molecule has 0 spiro atoms. The van der Waals surface area contributed by atoms with Gasteiger partial charge in [-0.1, -0.05) is 58.4 Å². The third-order valence-electron chi connectivity index (χ3n) is 10.6. The van der Waals surface area contributed by atoms with E-state index in [-0.39, 0.29) is 43.2 Å². The predicted molar refractivity (Wildman–Crippen MR) is 221 cm³/mol. The fourth-order valence-electron chi connectivity index (χ4n) is 7.73. The number of hydrogen-bond acceptors (Lipinski definition) is 6. The van der Waals surface area contributed by atoms with Gasteiger partial charge in [0.2, 0.25) is 9.84 Å². The van der Waals surface area contributed by atoms with Crippen molar-refractivity contribution in [1.29, 1.82) is 0 Å². The van der Waals surface area contributed by atoms with Crippen LogP contribution in [0.3, 0.4) is 0 Å². The fourth-order valence-corrected chi connectivity index (χ4v) is 9.04. The van der Waals surface area contributed by atoms with Crippen LogP contribution < -0.4 is 10.6 Å². The van der Waals surface area contributed by atoms with Crippen molar-refractivity contribution in [2.45, 2.75) is 130 Å².